The van der Waals surface area contributed by atoms with Gasteiger partial charge < -0.3 is 0 Å². The average Bonchev–Trinajstić information content (AvgIpc) is 2.84. The van der Waals surface area contributed by atoms with Crippen LogP contribution in [0.4, 0.5) is 5.69 Å². The second-order valence-electron chi connectivity index (χ2n) is 12.6. The Morgan fingerprint density at radius 2 is 1.30 bits per heavy atom. The number of sulfonamides is 1. The molecule has 1 aliphatic heterocycles. The van der Waals surface area contributed by atoms with E-state index in [4.69, 9.17) is 0 Å². The standard InChI is InChI=1S/C30H33N3O6S/c1-18-6-12-21(13-7-18)40(38,39)31-32-22-14-29(2,3)16-24(34)27(22)26(19-8-10-20(11-9-19)33(36)37)28-23(32)15-30(4,5)17-25(28)35/h6-13,26,31H,14-17H2,1-5H3. The highest BCUT2D eigenvalue weighted by Crippen LogP contribution is 2.54. The minimum absolute atomic E-state index is 0.0719. The SMILES string of the molecule is Cc1ccc(S(=O)(=O)NN2C3=C(C(=O)CC(C)(C)C3)C(c3ccc([N+](=O)[O-])cc3)C3=C2CC(C)(C)CC3=O)cc1. The molecule has 5 rings (SSSR count). The number of hydrogen-bond acceptors (Lipinski definition) is 7. The smallest absolute Gasteiger partial charge is 0.269 e. The van der Waals surface area contributed by atoms with Crippen LogP contribution in [-0.4, -0.2) is 29.9 Å². The van der Waals surface area contributed by atoms with E-state index >= 15 is 0 Å². The molecule has 0 atom stereocenters. The zero-order valence-electron chi connectivity index (χ0n) is 23.3. The third kappa shape index (κ3) is 5.01. The molecule has 0 bridgehead atoms. The molecule has 0 saturated carbocycles. The fourth-order valence-electron chi connectivity index (χ4n) is 6.09. The maximum Gasteiger partial charge on any atom is 0.269 e. The number of nitro benzene ring substituents is 1. The third-order valence-electron chi connectivity index (χ3n) is 7.89. The molecule has 0 unspecified atom stereocenters. The molecule has 10 heteroatoms. The molecule has 0 fully saturated rings. The maximum atomic E-state index is 13.8. The highest BCUT2D eigenvalue weighted by Gasteiger charge is 2.50. The summed E-state index contributed by atoms with van der Waals surface area (Å²) in [5, 5.41) is 12.8. The van der Waals surface area contributed by atoms with Crippen LogP contribution in [0.3, 0.4) is 0 Å². The van der Waals surface area contributed by atoms with Gasteiger partial charge in [0.25, 0.3) is 15.7 Å². The van der Waals surface area contributed by atoms with E-state index in [1.165, 1.54) is 29.3 Å². The van der Waals surface area contributed by atoms with Crippen molar-refractivity contribution in [3.63, 3.8) is 0 Å². The van der Waals surface area contributed by atoms with Gasteiger partial charge in [-0.1, -0.05) is 57.5 Å². The van der Waals surface area contributed by atoms with E-state index < -0.39 is 31.7 Å². The van der Waals surface area contributed by atoms with Crippen LogP contribution in [0.2, 0.25) is 0 Å². The molecule has 0 aromatic heterocycles. The number of allylic oxidation sites excluding steroid dienone is 4. The first kappa shape index (κ1) is 27.9. The van der Waals surface area contributed by atoms with Crippen molar-refractivity contribution in [2.24, 2.45) is 10.8 Å². The van der Waals surface area contributed by atoms with Crippen molar-refractivity contribution in [2.75, 3.05) is 0 Å². The van der Waals surface area contributed by atoms with Crippen LogP contribution in [0.1, 0.15) is 70.4 Å². The van der Waals surface area contributed by atoms with Crippen molar-refractivity contribution < 1.29 is 22.9 Å². The molecule has 2 aromatic carbocycles. The molecule has 9 nitrogen and oxygen atoms in total. The number of benzene rings is 2. The molecule has 1 heterocycles. The molecule has 0 amide bonds. The van der Waals surface area contributed by atoms with Gasteiger partial charge in [0, 0.05) is 53.4 Å². The van der Waals surface area contributed by atoms with Gasteiger partial charge in [-0.25, -0.2) is 8.42 Å². The number of nitrogens with zero attached hydrogens (tertiary/aromatic N) is 2. The van der Waals surface area contributed by atoms with E-state index in [-0.39, 0.29) is 35.0 Å². The number of hydrogen-bond donors (Lipinski definition) is 1. The van der Waals surface area contributed by atoms with Gasteiger partial charge in [0.15, 0.2) is 11.6 Å². The average molecular weight is 564 g/mol. The number of nitro groups is 1. The Morgan fingerprint density at radius 1 is 0.825 bits per heavy atom. The van der Waals surface area contributed by atoms with Gasteiger partial charge in [-0.15, -0.1) is 4.83 Å². The van der Waals surface area contributed by atoms with Crippen LogP contribution < -0.4 is 4.83 Å². The summed E-state index contributed by atoms with van der Waals surface area (Å²) in [6.07, 6.45) is 1.27. The van der Waals surface area contributed by atoms with E-state index in [1.54, 1.807) is 24.3 Å². The Balaban J connectivity index is 1.74. The second-order valence-corrected chi connectivity index (χ2v) is 14.3. The number of aryl methyl sites for hydroxylation is 1. The topological polar surface area (TPSA) is 127 Å². The molecular weight excluding hydrogens is 530 g/mol. The van der Waals surface area contributed by atoms with Gasteiger partial charge in [-0.3, -0.25) is 24.7 Å². The molecule has 40 heavy (non-hydrogen) atoms. The number of carbonyl (C=O) groups is 2. The van der Waals surface area contributed by atoms with Crippen LogP contribution in [0.5, 0.6) is 0 Å². The van der Waals surface area contributed by atoms with Crippen LogP contribution in [0, 0.1) is 27.9 Å². The van der Waals surface area contributed by atoms with Crippen molar-refractivity contribution in [2.45, 2.75) is 71.1 Å². The summed E-state index contributed by atoms with van der Waals surface area (Å²) >= 11 is 0. The first-order valence-corrected chi connectivity index (χ1v) is 14.7. The highest BCUT2D eigenvalue weighted by molar-refractivity contribution is 7.89. The summed E-state index contributed by atoms with van der Waals surface area (Å²) in [5.41, 5.74) is 2.28. The fraction of sp³-hybridized carbons (Fsp3) is 0.400. The minimum atomic E-state index is -4.07. The molecule has 0 spiro atoms. The van der Waals surface area contributed by atoms with E-state index in [0.717, 1.165) is 5.56 Å². The number of carbonyl (C=O) groups excluding carboxylic acids is 2. The summed E-state index contributed by atoms with van der Waals surface area (Å²) in [6, 6.07) is 12.4. The van der Waals surface area contributed by atoms with E-state index in [0.29, 0.717) is 40.9 Å². The third-order valence-corrected chi connectivity index (χ3v) is 9.21. The monoisotopic (exact) mass is 563 g/mol. The summed E-state index contributed by atoms with van der Waals surface area (Å²) in [7, 11) is -4.07. The lowest BCUT2D eigenvalue weighted by Crippen LogP contribution is -2.50. The molecule has 1 N–H and O–H groups in total. The quantitative estimate of drug-likeness (QED) is 0.377. The lowest BCUT2D eigenvalue weighted by atomic mass is 9.64. The Morgan fingerprint density at radius 3 is 1.75 bits per heavy atom. The number of hydrazine groups is 1. The number of rotatable bonds is 5. The lowest BCUT2D eigenvalue weighted by molar-refractivity contribution is -0.384. The van der Waals surface area contributed by atoms with Gasteiger partial charge >= 0.3 is 0 Å². The summed E-state index contributed by atoms with van der Waals surface area (Å²) in [5.74, 6) is -1.07. The zero-order chi connectivity index (χ0) is 29.2. The second kappa shape index (κ2) is 9.49. The number of nitrogens with one attached hydrogen (secondary N) is 1. The van der Waals surface area contributed by atoms with Gasteiger partial charge in [-0.2, -0.15) is 0 Å². The van der Waals surface area contributed by atoms with Crippen LogP contribution in [0.15, 0.2) is 76.0 Å². The van der Waals surface area contributed by atoms with E-state index in [9.17, 15) is 28.1 Å². The van der Waals surface area contributed by atoms with Crippen molar-refractivity contribution in [1.29, 1.82) is 0 Å². The van der Waals surface area contributed by atoms with Crippen molar-refractivity contribution in [1.82, 2.24) is 9.84 Å². The predicted octanol–water partition coefficient (Wildman–Crippen LogP) is 5.48. The van der Waals surface area contributed by atoms with Crippen molar-refractivity contribution in [3.05, 3.63) is 92.3 Å². The fourth-order valence-corrected chi connectivity index (χ4v) is 7.15. The van der Waals surface area contributed by atoms with Crippen LogP contribution in [-0.2, 0) is 19.6 Å². The molecule has 2 aromatic rings. The highest BCUT2D eigenvalue weighted by atomic mass is 32.2. The van der Waals surface area contributed by atoms with Crippen molar-refractivity contribution >= 4 is 27.3 Å². The van der Waals surface area contributed by atoms with E-state index in [2.05, 4.69) is 4.83 Å². The van der Waals surface area contributed by atoms with Gasteiger partial charge in [0.2, 0.25) is 0 Å². The van der Waals surface area contributed by atoms with Gasteiger partial charge in [0.1, 0.15) is 0 Å². The first-order chi connectivity index (χ1) is 18.6. The number of Topliss-reactive ketones (excluding diaryl/α,β-unsaturated/α-hetero) is 2. The molecule has 3 aliphatic rings. The van der Waals surface area contributed by atoms with Crippen molar-refractivity contribution in [3.8, 4) is 0 Å². The molecule has 210 valence electrons. The molecular formula is C30H33N3O6S. The molecule has 0 radical (unpaired) electrons. The van der Waals surface area contributed by atoms with E-state index in [1.807, 2.05) is 34.6 Å². The molecule has 2 aliphatic carbocycles. The summed E-state index contributed by atoms with van der Waals surface area (Å²) in [6.45, 7) is 9.71. The lowest BCUT2D eigenvalue weighted by Gasteiger charge is -2.48. The summed E-state index contributed by atoms with van der Waals surface area (Å²) in [4.78, 5) is 41.3. The predicted molar refractivity (Wildman–Crippen MR) is 149 cm³/mol. The number of non-ortho nitro benzene ring substituents is 1. The first-order valence-electron chi connectivity index (χ1n) is 13.2. The van der Waals surface area contributed by atoms with Gasteiger partial charge in [0.05, 0.1) is 9.82 Å². The minimum Gasteiger partial charge on any atom is -0.294 e. The number of ketones is 2. The van der Waals surface area contributed by atoms with Gasteiger partial charge in [-0.05, 0) is 48.3 Å². The van der Waals surface area contributed by atoms with Crippen LogP contribution >= 0.6 is 0 Å². The van der Waals surface area contributed by atoms with Crippen LogP contribution in [0.25, 0.3) is 0 Å². The Kier molecular flexibility index (Phi) is 6.62. The molecule has 0 saturated heterocycles. The summed E-state index contributed by atoms with van der Waals surface area (Å²) < 4.78 is 27.3. The Bertz CT molecular complexity index is 1550. The Hall–Kier alpha value is -3.63. The largest absolute Gasteiger partial charge is 0.294 e. The Labute approximate surface area is 234 Å². The maximum absolute atomic E-state index is 13.8. The normalized spacial score (nSPS) is 20.9. The zero-order valence-corrected chi connectivity index (χ0v) is 24.1.